The second-order valence-electron chi connectivity index (χ2n) is 7.67. The van der Waals surface area contributed by atoms with Gasteiger partial charge in [-0.15, -0.1) is 0 Å². The predicted octanol–water partition coefficient (Wildman–Crippen LogP) is 3.21. The van der Waals surface area contributed by atoms with Crippen molar-refractivity contribution in [3.63, 3.8) is 0 Å². The number of aromatic nitrogens is 2. The van der Waals surface area contributed by atoms with Crippen LogP contribution in [0.4, 0.5) is 10.5 Å². The van der Waals surface area contributed by atoms with E-state index in [0.29, 0.717) is 5.69 Å². The molecule has 25 heavy (non-hydrogen) atoms. The fourth-order valence-electron chi connectivity index (χ4n) is 3.32. The summed E-state index contributed by atoms with van der Waals surface area (Å²) < 4.78 is 1.85. The average Bonchev–Trinajstić information content (AvgIpc) is 3.15. The highest BCUT2D eigenvalue weighted by Crippen LogP contribution is 2.30. The quantitative estimate of drug-likeness (QED) is 0.901. The number of anilines is 1. The van der Waals surface area contributed by atoms with Gasteiger partial charge in [0.05, 0.1) is 29.5 Å². The number of benzene rings is 1. The summed E-state index contributed by atoms with van der Waals surface area (Å²) in [6, 6.07) is 10.4. The van der Waals surface area contributed by atoms with Gasteiger partial charge in [0.1, 0.15) is 0 Å². The molecule has 2 amide bonds. The Bertz CT molecular complexity index is 719. The first-order valence-corrected chi connectivity index (χ1v) is 8.72. The Balaban J connectivity index is 1.65. The van der Waals surface area contributed by atoms with Crippen molar-refractivity contribution in [3.05, 3.63) is 48.3 Å². The molecule has 1 aliphatic heterocycles. The van der Waals surface area contributed by atoms with Crippen LogP contribution in [0.25, 0.3) is 0 Å². The zero-order valence-corrected chi connectivity index (χ0v) is 15.4. The van der Waals surface area contributed by atoms with Gasteiger partial charge >= 0.3 is 6.03 Å². The second kappa shape index (κ2) is 6.88. The summed E-state index contributed by atoms with van der Waals surface area (Å²) in [6.07, 6.45) is 4.47. The lowest BCUT2D eigenvalue weighted by Gasteiger charge is -2.26. The standard InChI is InChI=1S/C19H27N5O/c1-19(2,3)24-13-15(12-20-24)21-18(25)22-16-10-11-23(4)17(16)14-8-6-5-7-9-14/h5-9,12-13,16-17H,10-11H2,1-4H3,(H2,21,22,25)/t16-,17-/m1/s1. The zero-order chi connectivity index (χ0) is 18.0. The lowest BCUT2D eigenvalue weighted by Crippen LogP contribution is -2.41. The van der Waals surface area contributed by atoms with E-state index in [4.69, 9.17) is 0 Å². The van der Waals surface area contributed by atoms with Crippen LogP contribution >= 0.6 is 0 Å². The molecule has 1 aliphatic rings. The van der Waals surface area contributed by atoms with Gasteiger partial charge in [0.2, 0.25) is 0 Å². The normalized spacial score (nSPS) is 21.3. The third-order valence-electron chi connectivity index (χ3n) is 4.63. The molecule has 1 fully saturated rings. The van der Waals surface area contributed by atoms with Gasteiger partial charge in [-0.1, -0.05) is 30.3 Å². The molecule has 2 N–H and O–H groups in total. The number of nitrogens with zero attached hydrogens (tertiary/aromatic N) is 3. The molecular weight excluding hydrogens is 314 g/mol. The Labute approximate surface area is 149 Å². The van der Waals surface area contributed by atoms with E-state index in [9.17, 15) is 4.79 Å². The maximum absolute atomic E-state index is 12.4. The topological polar surface area (TPSA) is 62.2 Å². The van der Waals surface area contributed by atoms with Crippen LogP contribution in [-0.4, -0.2) is 40.3 Å². The number of hydrogen-bond donors (Lipinski definition) is 2. The van der Waals surface area contributed by atoms with E-state index in [1.165, 1.54) is 5.56 Å². The molecule has 0 aliphatic carbocycles. The molecule has 0 spiro atoms. The van der Waals surface area contributed by atoms with Crippen LogP contribution in [0.2, 0.25) is 0 Å². The van der Waals surface area contributed by atoms with E-state index < -0.39 is 0 Å². The van der Waals surface area contributed by atoms with E-state index in [0.717, 1.165) is 13.0 Å². The third-order valence-corrected chi connectivity index (χ3v) is 4.63. The molecule has 2 heterocycles. The maximum Gasteiger partial charge on any atom is 0.319 e. The van der Waals surface area contributed by atoms with E-state index in [1.807, 2.05) is 29.1 Å². The Morgan fingerprint density at radius 1 is 1.24 bits per heavy atom. The second-order valence-corrected chi connectivity index (χ2v) is 7.67. The number of amides is 2. The first kappa shape index (κ1) is 17.5. The monoisotopic (exact) mass is 341 g/mol. The minimum atomic E-state index is -0.185. The van der Waals surface area contributed by atoms with Gasteiger partial charge in [0, 0.05) is 12.7 Å². The van der Waals surface area contributed by atoms with Crippen LogP contribution in [0.5, 0.6) is 0 Å². The lowest BCUT2D eigenvalue weighted by molar-refractivity contribution is 0.240. The van der Waals surface area contributed by atoms with Crippen molar-refractivity contribution in [3.8, 4) is 0 Å². The lowest BCUT2D eigenvalue weighted by atomic mass is 10.0. The molecule has 3 rings (SSSR count). The first-order valence-electron chi connectivity index (χ1n) is 8.72. The number of likely N-dealkylation sites (N-methyl/N-ethyl adjacent to an activating group) is 1. The van der Waals surface area contributed by atoms with Crippen molar-refractivity contribution in [2.45, 2.75) is 44.8 Å². The van der Waals surface area contributed by atoms with Crippen LogP contribution < -0.4 is 10.6 Å². The minimum absolute atomic E-state index is 0.0880. The Morgan fingerprint density at radius 2 is 1.96 bits per heavy atom. The van der Waals surface area contributed by atoms with Gasteiger partial charge in [-0.3, -0.25) is 9.58 Å². The summed E-state index contributed by atoms with van der Waals surface area (Å²) in [7, 11) is 2.10. The minimum Gasteiger partial charge on any atom is -0.333 e. The van der Waals surface area contributed by atoms with Gasteiger partial charge in [-0.25, -0.2) is 4.79 Å². The van der Waals surface area contributed by atoms with Crippen LogP contribution in [-0.2, 0) is 5.54 Å². The third kappa shape index (κ3) is 4.02. The maximum atomic E-state index is 12.4. The molecule has 0 bridgehead atoms. The Morgan fingerprint density at radius 3 is 2.60 bits per heavy atom. The summed E-state index contributed by atoms with van der Waals surface area (Å²) in [6.45, 7) is 7.18. The van der Waals surface area contributed by atoms with E-state index in [-0.39, 0.29) is 23.7 Å². The molecule has 1 saturated heterocycles. The smallest absolute Gasteiger partial charge is 0.319 e. The van der Waals surface area contributed by atoms with Gasteiger partial charge < -0.3 is 10.6 Å². The van der Waals surface area contributed by atoms with Crippen molar-refractivity contribution < 1.29 is 4.79 Å². The Kier molecular flexibility index (Phi) is 4.81. The van der Waals surface area contributed by atoms with E-state index in [2.05, 4.69) is 60.6 Å². The molecule has 0 saturated carbocycles. The summed E-state index contributed by atoms with van der Waals surface area (Å²) in [4.78, 5) is 14.7. The molecule has 2 atom stereocenters. The SMILES string of the molecule is CN1CC[C@@H](NC(=O)Nc2cnn(C(C)(C)C)c2)[C@H]1c1ccccc1. The van der Waals surface area contributed by atoms with E-state index in [1.54, 1.807) is 6.20 Å². The molecule has 6 heteroatoms. The van der Waals surface area contributed by atoms with Crippen molar-refractivity contribution in [1.82, 2.24) is 20.0 Å². The Hall–Kier alpha value is -2.34. The van der Waals surface area contributed by atoms with Gasteiger partial charge in [0.25, 0.3) is 0 Å². The fourth-order valence-corrected chi connectivity index (χ4v) is 3.32. The molecule has 134 valence electrons. The molecule has 2 aromatic rings. The van der Waals surface area contributed by atoms with Crippen LogP contribution in [0.3, 0.4) is 0 Å². The van der Waals surface area contributed by atoms with Crippen LogP contribution in [0, 0.1) is 0 Å². The van der Waals surface area contributed by atoms with Gasteiger partial charge in [0.15, 0.2) is 0 Å². The summed E-state index contributed by atoms with van der Waals surface area (Å²) in [5, 5.41) is 10.3. The molecule has 1 aromatic carbocycles. The number of likely N-dealkylation sites (tertiary alicyclic amines) is 1. The van der Waals surface area contributed by atoms with Crippen LogP contribution in [0.15, 0.2) is 42.7 Å². The number of carbonyl (C=O) groups excluding carboxylic acids is 1. The van der Waals surface area contributed by atoms with Gasteiger partial charge in [-0.2, -0.15) is 5.10 Å². The zero-order valence-electron chi connectivity index (χ0n) is 15.4. The molecule has 0 radical (unpaired) electrons. The number of nitrogens with one attached hydrogen (secondary N) is 2. The van der Waals surface area contributed by atoms with Crippen molar-refractivity contribution in [2.75, 3.05) is 18.9 Å². The van der Waals surface area contributed by atoms with Crippen LogP contribution in [0.1, 0.15) is 38.8 Å². The molecule has 6 nitrogen and oxygen atoms in total. The summed E-state index contributed by atoms with van der Waals surface area (Å²) >= 11 is 0. The van der Waals surface area contributed by atoms with E-state index >= 15 is 0 Å². The largest absolute Gasteiger partial charge is 0.333 e. The summed E-state index contributed by atoms with van der Waals surface area (Å²) in [5.41, 5.74) is 1.83. The predicted molar refractivity (Wildman–Crippen MR) is 99.6 cm³/mol. The summed E-state index contributed by atoms with van der Waals surface area (Å²) in [5.74, 6) is 0. The highest BCUT2D eigenvalue weighted by Gasteiger charge is 2.33. The number of urea groups is 1. The number of rotatable bonds is 3. The molecule has 1 aromatic heterocycles. The number of hydrogen-bond acceptors (Lipinski definition) is 3. The van der Waals surface area contributed by atoms with Crippen molar-refractivity contribution in [1.29, 1.82) is 0 Å². The molecule has 0 unspecified atom stereocenters. The highest BCUT2D eigenvalue weighted by molar-refractivity contribution is 5.89. The highest BCUT2D eigenvalue weighted by atomic mass is 16.2. The fraction of sp³-hybridized carbons (Fsp3) is 0.474. The van der Waals surface area contributed by atoms with Gasteiger partial charge in [-0.05, 0) is 39.8 Å². The van der Waals surface area contributed by atoms with Crippen molar-refractivity contribution >= 4 is 11.7 Å². The molecular formula is C19H27N5O. The number of carbonyl (C=O) groups is 1. The first-order chi connectivity index (χ1) is 11.8. The average molecular weight is 341 g/mol. The van der Waals surface area contributed by atoms with Crippen molar-refractivity contribution in [2.24, 2.45) is 0 Å².